The van der Waals surface area contributed by atoms with Crippen LogP contribution >= 0.6 is 23.1 Å². The number of carbonyl (C=O) groups is 1. The standard InChI is InChI=1S/C19H18N4OS2.H2O/c1-13-11-26-19(20-13)23(15-7-8-15)18(24)12-25-17-10-9-16(21-22-17)14-5-3-2-4-6-14;/h2-6,9-11,15H,7-8,12H2,1H3;1H2. The monoisotopic (exact) mass is 400 g/mol. The van der Waals surface area contributed by atoms with Crippen LogP contribution in [0.25, 0.3) is 11.3 Å². The zero-order chi connectivity index (χ0) is 17.9. The lowest BCUT2D eigenvalue weighted by atomic mass is 10.1. The van der Waals surface area contributed by atoms with E-state index in [1.54, 1.807) is 0 Å². The molecule has 1 aliphatic carbocycles. The zero-order valence-corrected chi connectivity index (χ0v) is 16.5. The number of thioether (sulfide) groups is 1. The first-order valence-electron chi connectivity index (χ1n) is 8.47. The number of hydrogen-bond donors (Lipinski definition) is 0. The van der Waals surface area contributed by atoms with Crippen molar-refractivity contribution < 1.29 is 10.3 Å². The Bertz CT molecular complexity index is 896. The van der Waals surface area contributed by atoms with Gasteiger partial charge in [0.1, 0.15) is 5.03 Å². The Balaban J connectivity index is 0.00000210. The van der Waals surface area contributed by atoms with Crippen LogP contribution in [-0.4, -0.2) is 38.4 Å². The molecule has 1 amide bonds. The molecule has 140 valence electrons. The summed E-state index contributed by atoms with van der Waals surface area (Å²) in [4.78, 5) is 19.1. The molecule has 27 heavy (non-hydrogen) atoms. The summed E-state index contributed by atoms with van der Waals surface area (Å²) < 4.78 is 0. The van der Waals surface area contributed by atoms with Crippen LogP contribution in [0.15, 0.2) is 52.9 Å². The molecule has 2 heterocycles. The Morgan fingerprint density at radius 1 is 1.19 bits per heavy atom. The second-order valence-corrected chi connectivity index (χ2v) is 8.01. The van der Waals surface area contributed by atoms with E-state index in [9.17, 15) is 4.79 Å². The van der Waals surface area contributed by atoms with Gasteiger partial charge in [-0.2, -0.15) is 0 Å². The molecule has 1 aliphatic rings. The zero-order valence-electron chi connectivity index (χ0n) is 14.8. The molecule has 2 aromatic heterocycles. The number of hydrogen-bond acceptors (Lipinski definition) is 6. The molecular formula is C19H20N4O2S2. The Morgan fingerprint density at radius 3 is 2.56 bits per heavy atom. The molecule has 1 aromatic carbocycles. The summed E-state index contributed by atoms with van der Waals surface area (Å²) in [5, 5.41) is 12.1. The number of thiazole rings is 1. The fourth-order valence-electron chi connectivity index (χ4n) is 2.62. The maximum absolute atomic E-state index is 12.7. The predicted molar refractivity (Wildman–Crippen MR) is 109 cm³/mol. The van der Waals surface area contributed by atoms with Gasteiger partial charge in [0, 0.05) is 17.0 Å². The smallest absolute Gasteiger partial charge is 0.239 e. The summed E-state index contributed by atoms with van der Waals surface area (Å²) in [6.45, 7) is 1.95. The molecule has 6 nitrogen and oxygen atoms in total. The van der Waals surface area contributed by atoms with E-state index in [2.05, 4.69) is 15.2 Å². The van der Waals surface area contributed by atoms with Crippen LogP contribution in [0, 0.1) is 6.92 Å². The normalized spacial score (nSPS) is 13.1. The Labute approximate surface area is 166 Å². The first-order chi connectivity index (χ1) is 12.7. The molecule has 1 fully saturated rings. The SMILES string of the molecule is Cc1csc(N(C(=O)CSc2ccc(-c3ccccc3)nn2)C2CC2)n1.O. The quantitative estimate of drug-likeness (QED) is 0.592. The largest absolute Gasteiger partial charge is 0.412 e. The maximum Gasteiger partial charge on any atom is 0.239 e. The third-order valence-corrected chi connectivity index (χ3v) is 5.91. The van der Waals surface area contributed by atoms with Gasteiger partial charge < -0.3 is 5.48 Å². The van der Waals surface area contributed by atoms with Gasteiger partial charge in [0.15, 0.2) is 5.13 Å². The van der Waals surface area contributed by atoms with Crippen molar-refractivity contribution in [2.75, 3.05) is 10.7 Å². The molecule has 4 rings (SSSR count). The summed E-state index contributed by atoms with van der Waals surface area (Å²) in [6, 6.07) is 14.1. The van der Waals surface area contributed by atoms with Crippen molar-refractivity contribution in [1.29, 1.82) is 0 Å². The van der Waals surface area contributed by atoms with Gasteiger partial charge in [-0.15, -0.1) is 21.5 Å². The minimum atomic E-state index is 0. The number of nitrogens with zero attached hydrogens (tertiary/aromatic N) is 4. The van der Waals surface area contributed by atoms with E-state index in [1.807, 2.05) is 59.7 Å². The topological polar surface area (TPSA) is 90.5 Å². The molecule has 0 bridgehead atoms. The summed E-state index contributed by atoms with van der Waals surface area (Å²) >= 11 is 2.95. The highest BCUT2D eigenvalue weighted by Crippen LogP contribution is 2.34. The average Bonchev–Trinajstić information content (AvgIpc) is 3.42. The summed E-state index contributed by atoms with van der Waals surface area (Å²) in [6.07, 6.45) is 2.11. The van der Waals surface area contributed by atoms with Crippen molar-refractivity contribution in [2.24, 2.45) is 0 Å². The molecule has 0 radical (unpaired) electrons. The number of carbonyl (C=O) groups excluding carboxylic acids is 1. The van der Waals surface area contributed by atoms with Crippen molar-refractivity contribution >= 4 is 34.1 Å². The van der Waals surface area contributed by atoms with E-state index in [1.165, 1.54) is 23.1 Å². The van der Waals surface area contributed by atoms with Crippen LogP contribution in [0.4, 0.5) is 5.13 Å². The molecule has 0 unspecified atom stereocenters. The second-order valence-electron chi connectivity index (χ2n) is 6.18. The molecule has 0 aliphatic heterocycles. The van der Waals surface area contributed by atoms with Crippen LogP contribution in [-0.2, 0) is 4.79 Å². The lowest BCUT2D eigenvalue weighted by molar-refractivity contribution is -0.116. The molecule has 8 heteroatoms. The van der Waals surface area contributed by atoms with E-state index >= 15 is 0 Å². The van der Waals surface area contributed by atoms with E-state index < -0.39 is 0 Å². The maximum atomic E-state index is 12.7. The van der Waals surface area contributed by atoms with Crippen molar-refractivity contribution in [3.63, 3.8) is 0 Å². The van der Waals surface area contributed by atoms with Gasteiger partial charge in [-0.25, -0.2) is 4.98 Å². The van der Waals surface area contributed by atoms with Crippen LogP contribution in [0.2, 0.25) is 0 Å². The van der Waals surface area contributed by atoms with Gasteiger partial charge in [-0.05, 0) is 31.9 Å². The Hall–Kier alpha value is -2.29. The van der Waals surface area contributed by atoms with Crippen molar-refractivity contribution in [3.05, 3.63) is 53.5 Å². The number of rotatable bonds is 6. The number of amides is 1. The van der Waals surface area contributed by atoms with Crippen molar-refractivity contribution in [2.45, 2.75) is 30.8 Å². The van der Waals surface area contributed by atoms with Crippen LogP contribution in [0.5, 0.6) is 0 Å². The summed E-state index contributed by atoms with van der Waals surface area (Å²) in [7, 11) is 0. The number of aryl methyl sites for hydroxylation is 1. The number of anilines is 1. The van der Waals surface area contributed by atoms with Gasteiger partial charge >= 0.3 is 0 Å². The third kappa shape index (κ3) is 4.71. The average molecular weight is 401 g/mol. The first-order valence-corrected chi connectivity index (χ1v) is 10.3. The Morgan fingerprint density at radius 2 is 1.96 bits per heavy atom. The van der Waals surface area contributed by atoms with Crippen LogP contribution in [0.3, 0.4) is 0 Å². The van der Waals surface area contributed by atoms with Gasteiger partial charge in [0.25, 0.3) is 0 Å². The van der Waals surface area contributed by atoms with E-state index in [4.69, 9.17) is 0 Å². The highest BCUT2D eigenvalue weighted by molar-refractivity contribution is 7.99. The predicted octanol–water partition coefficient (Wildman–Crippen LogP) is 3.37. The third-order valence-electron chi connectivity index (χ3n) is 4.05. The van der Waals surface area contributed by atoms with Gasteiger partial charge in [0.05, 0.1) is 17.1 Å². The van der Waals surface area contributed by atoms with E-state index in [-0.39, 0.29) is 11.4 Å². The Kier molecular flexibility index (Phi) is 6.20. The summed E-state index contributed by atoms with van der Waals surface area (Å²) in [5.74, 6) is 0.426. The number of aromatic nitrogens is 3. The summed E-state index contributed by atoms with van der Waals surface area (Å²) in [5.41, 5.74) is 2.82. The second kappa shape index (κ2) is 8.60. The van der Waals surface area contributed by atoms with Crippen molar-refractivity contribution in [1.82, 2.24) is 15.2 Å². The van der Waals surface area contributed by atoms with Crippen molar-refractivity contribution in [3.8, 4) is 11.3 Å². The minimum Gasteiger partial charge on any atom is -0.412 e. The lowest BCUT2D eigenvalue weighted by Gasteiger charge is -2.18. The number of benzene rings is 1. The molecule has 0 spiro atoms. The van der Waals surface area contributed by atoms with Crippen LogP contribution in [0.1, 0.15) is 18.5 Å². The lowest BCUT2D eigenvalue weighted by Crippen LogP contribution is -2.34. The minimum absolute atomic E-state index is 0. The fraction of sp³-hybridized carbons (Fsp3) is 0.263. The molecule has 2 N–H and O–H groups in total. The van der Waals surface area contributed by atoms with Crippen LogP contribution < -0.4 is 4.90 Å². The fourth-order valence-corrected chi connectivity index (χ4v) is 4.18. The highest BCUT2D eigenvalue weighted by Gasteiger charge is 2.35. The molecular weight excluding hydrogens is 380 g/mol. The van der Waals surface area contributed by atoms with Gasteiger partial charge in [-0.3, -0.25) is 9.69 Å². The van der Waals surface area contributed by atoms with E-state index in [0.717, 1.165) is 40.0 Å². The molecule has 0 saturated heterocycles. The van der Waals surface area contributed by atoms with Gasteiger partial charge in [-0.1, -0.05) is 42.1 Å². The molecule has 3 aromatic rings. The molecule has 0 atom stereocenters. The van der Waals surface area contributed by atoms with E-state index in [0.29, 0.717) is 11.8 Å². The highest BCUT2D eigenvalue weighted by atomic mass is 32.2. The van der Waals surface area contributed by atoms with Gasteiger partial charge in [0.2, 0.25) is 5.91 Å². The molecule has 1 saturated carbocycles. The first kappa shape index (κ1) is 19.5.